The summed E-state index contributed by atoms with van der Waals surface area (Å²) in [5, 5.41) is 0. The zero-order chi connectivity index (χ0) is 17.9. The summed E-state index contributed by atoms with van der Waals surface area (Å²) in [6.07, 6.45) is 7.54. The van der Waals surface area contributed by atoms with Crippen LogP contribution in [0.1, 0.15) is 37.1 Å². The van der Waals surface area contributed by atoms with Crippen molar-refractivity contribution in [2.45, 2.75) is 45.2 Å². The topological polar surface area (TPSA) is 27.0 Å². The molecular formula is C21H33N5. The predicted molar refractivity (Wildman–Crippen MR) is 107 cm³/mol. The third-order valence-electron chi connectivity index (χ3n) is 6.31. The van der Waals surface area contributed by atoms with E-state index in [9.17, 15) is 0 Å². The third-order valence-corrected chi connectivity index (χ3v) is 6.31. The summed E-state index contributed by atoms with van der Waals surface area (Å²) in [7, 11) is 2.23. The molecule has 0 aliphatic carbocycles. The Kier molecular flexibility index (Phi) is 5.57. The molecule has 0 N–H and O–H groups in total. The zero-order valence-corrected chi connectivity index (χ0v) is 16.4. The molecular weight excluding hydrogens is 322 g/mol. The van der Waals surface area contributed by atoms with Crippen molar-refractivity contribution in [3.63, 3.8) is 0 Å². The maximum absolute atomic E-state index is 4.75. The number of pyridine rings is 1. The largest absolute Gasteiger partial charge is 0.304 e. The van der Waals surface area contributed by atoms with Crippen molar-refractivity contribution in [2.75, 3.05) is 46.3 Å². The van der Waals surface area contributed by atoms with Crippen LogP contribution in [-0.2, 0) is 6.54 Å². The van der Waals surface area contributed by atoms with Crippen LogP contribution in [0.2, 0.25) is 0 Å². The quantitative estimate of drug-likeness (QED) is 0.824. The van der Waals surface area contributed by atoms with Gasteiger partial charge in [0.25, 0.3) is 0 Å². The van der Waals surface area contributed by atoms with Gasteiger partial charge in [0.2, 0.25) is 0 Å². The lowest BCUT2D eigenvalue weighted by atomic mass is 9.98. The van der Waals surface area contributed by atoms with Crippen LogP contribution in [0.15, 0.2) is 24.4 Å². The van der Waals surface area contributed by atoms with Gasteiger partial charge in [-0.1, -0.05) is 12.5 Å². The molecule has 0 aromatic carbocycles. The van der Waals surface area contributed by atoms with Crippen LogP contribution in [0.5, 0.6) is 0 Å². The zero-order valence-electron chi connectivity index (χ0n) is 16.4. The number of rotatable bonds is 5. The second kappa shape index (κ2) is 8.07. The Morgan fingerprint density at radius 2 is 1.92 bits per heavy atom. The molecule has 0 unspecified atom stereocenters. The molecule has 5 nitrogen and oxygen atoms in total. The smallest absolute Gasteiger partial charge is 0.137 e. The van der Waals surface area contributed by atoms with Gasteiger partial charge in [-0.15, -0.1) is 0 Å². The van der Waals surface area contributed by atoms with E-state index in [0.29, 0.717) is 0 Å². The van der Waals surface area contributed by atoms with Crippen LogP contribution in [0.4, 0.5) is 0 Å². The minimum atomic E-state index is 0.720. The molecule has 2 aliphatic heterocycles. The number of piperazine rings is 1. The van der Waals surface area contributed by atoms with Gasteiger partial charge in [-0.2, -0.15) is 0 Å². The van der Waals surface area contributed by atoms with E-state index in [1.165, 1.54) is 76.3 Å². The van der Waals surface area contributed by atoms with Crippen molar-refractivity contribution in [3.8, 4) is 0 Å². The van der Waals surface area contributed by atoms with E-state index in [-0.39, 0.29) is 0 Å². The minimum Gasteiger partial charge on any atom is -0.304 e. The first-order chi connectivity index (χ1) is 12.7. The van der Waals surface area contributed by atoms with Crippen LogP contribution in [-0.4, -0.2) is 76.4 Å². The van der Waals surface area contributed by atoms with Crippen molar-refractivity contribution in [3.05, 3.63) is 35.8 Å². The molecule has 2 aromatic heterocycles. The van der Waals surface area contributed by atoms with Gasteiger partial charge in [0, 0.05) is 45.0 Å². The number of hydrogen-bond donors (Lipinski definition) is 0. The van der Waals surface area contributed by atoms with Gasteiger partial charge in [0.05, 0.1) is 11.4 Å². The van der Waals surface area contributed by atoms with Gasteiger partial charge in [-0.25, -0.2) is 4.98 Å². The van der Waals surface area contributed by atoms with Gasteiger partial charge in [-0.3, -0.25) is 4.90 Å². The van der Waals surface area contributed by atoms with Crippen molar-refractivity contribution in [2.24, 2.45) is 0 Å². The first-order valence-corrected chi connectivity index (χ1v) is 10.3. The Balaban J connectivity index is 1.41. The maximum Gasteiger partial charge on any atom is 0.137 e. The van der Waals surface area contributed by atoms with E-state index >= 15 is 0 Å². The molecule has 2 saturated heterocycles. The molecule has 2 aromatic rings. The molecule has 4 rings (SSSR count). The fourth-order valence-electron chi connectivity index (χ4n) is 4.55. The van der Waals surface area contributed by atoms with E-state index in [0.717, 1.165) is 18.2 Å². The Morgan fingerprint density at radius 3 is 2.77 bits per heavy atom. The van der Waals surface area contributed by atoms with Gasteiger partial charge < -0.3 is 14.2 Å². The number of aromatic nitrogens is 2. The molecule has 2 fully saturated rings. The number of piperidine rings is 1. The molecule has 0 radical (unpaired) electrons. The van der Waals surface area contributed by atoms with E-state index in [1.807, 2.05) is 0 Å². The number of likely N-dealkylation sites (tertiary alicyclic amines) is 1. The highest BCUT2D eigenvalue weighted by Crippen LogP contribution is 2.24. The highest BCUT2D eigenvalue weighted by molar-refractivity contribution is 5.42. The Hall–Kier alpha value is -1.43. The minimum absolute atomic E-state index is 0.720. The van der Waals surface area contributed by atoms with Crippen molar-refractivity contribution in [1.29, 1.82) is 0 Å². The highest BCUT2D eigenvalue weighted by atomic mass is 15.3. The molecule has 0 bridgehead atoms. The predicted octanol–water partition coefficient (Wildman–Crippen LogP) is 2.63. The second-order valence-corrected chi connectivity index (χ2v) is 8.13. The fourth-order valence-corrected chi connectivity index (χ4v) is 4.55. The molecule has 0 saturated carbocycles. The molecule has 26 heavy (non-hydrogen) atoms. The number of likely N-dealkylation sites (N-methyl/N-ethyl adjacent to an activating group) is 1. The van der Waals surface area contributed by atoms with E-state index in [2.05, 4.69) is 57.5 Å². The Morgan fingerprint density at radius 1 is 1.08 bits per heavy atom. The van der Waals surface area contributed by atoms with E-state index < -0.39 is 0 Å². The monoisotopic (exact) mass is 355 g/mol. The molecule has 2 aliphatic rings. The first-order valence-electron chi connectivity index (χ1n) is 10.3. The van der Waals surface area contributed by atoms with Gasteiger partial charge in [0.15, 0.2) is 0 Å². The fraction of sp³-hybridized carbons (Fsp3) is 0.667. The van der Waals surface area contributed by atoms with Gasteiger partial charge >= 0.3 is 0 Å². The average Bonchev–Trinajstić information content (AvgIpc) is 2.98. The summed E-state index contributed by atoms with van der Waals surface area (Å²) in [5.41, 5.74) is 3.62. The normalized spacial score (nSPS) is 23.7. The van der Waals surface area contributed by atoms with Crippen LogP contribution >= 0.6 is 0 Å². The van der Waals surface area contributed by atoms with Crippen LogP contribution in [0, 0.1) is 6.92 Å². The summed E-state index contributed by atoms with van der Waals surface area (Å²) < 4.78 is 2.28. The summed E-state index contributed by atoms with van der Waals surface area (Å²) in [6, 6.07) is 7.01. The molecule has 0 spiro atoms. The van der Waals surface area contributed by atoms with Crippen molar-refractivity contribution < 1.29 is 0 Å². The number of hydrogen-bond acceptors (Lipinski definition) is 4. The number of aryl methyl sites for hydroxylation is 1. The SMILES string of the molecule is Cc1nc2ccccn2c1CN1CCCC[C@H]1CCN1CCN(C)CC1. The van der Waals surface area contributed by atoms with E-state index in [4.69, 9.17) is 4.98 Å². The molecule has 142 valence electrons. The van der Waals surface area contributed by atoms with Crippen LogP contribution < -0.4 is 0 Å². The third kappa shape index (κ3) is 3.95. The number of fused-ring (bicyclic) bond motifs is 1. The Bertz CT molecular complexity index is 716. The molecule has 5 heteroatoms. The van der Waals surface area contributed by atoms with Gasteiger partial charge in [0.1, 0.15) is 5.65 Å². The number of imidazole rings is 1. The molecule has 0 amide bonds. The first kappa shape index (κ1) is 18.0. The van der Waals surface area contributed by atoms with Crippen molar-refractivity contribution >= 4 is 5.65 Å². The number of nitrogens with zero attached hydrogens (tertiary/aromatic N) is 5. The maximum atomic E-state index is 4.75. The lowest BCUT2D eigenvalue weighted by molar-refractivity contribution is 0.100. The molecule has 1 atom stereocenters. The lowest BCUT2D eigenvalue weighted by Crippen LogP contribution is -2.47. The van der Waals surface area contributed by atoms with Crippen LogP contribution in [0.25, 0.3) is 5.65 Å². The highest BCUT2D eigenvalue weighted by Gasteiger charge is 2.25. The summed E-state index contributed by atoms with van der Waals surface area (Å²) in [6.45, 7) is 10.6. The summed E-state index contributed by atoms with van der Waals surface area (Å²) in [4.78, 5) is 12.6. The summed E-state index contributed by atoms with van der Waals surface area (Å²) >= 11 is 0. The molecule has 4 heterocycles. The second-order valence-electron chi connectivity index (χ2n) is 8.13. The standard InChI is InChI=1S/C21H33N5/c1-18-20(26-11-6-4-8-21(26)22-18)17-25-10-5-3-7-19(25)9-12-24-15-13-23(2)14-16-24/h4,6,8,11,19H,3,5,7,9-10,12-17H2,1-2H3/t19-/m0/s1. The Labute approximate surface area is 157 Å². The summed E-state index contributed by atoms with van der Waals surface area (Å²) in [5.74, 6) is 0. The van der Waals surface area contributed by atoms with Gasteiger partial charge in [-0.05, 0) is 58.5 Å². The lowest BCUT2D eigenvalue weighted by Gasteiger charge is -2.38. The average molecular weight is 356 g/mol. The van der Waals surface area contributed by atoms with Crippen molar-refractivity contribution in [1.82, 2.24) is 24.1 Å². The van der Waals surface area contributed by atoms with E-state index in [1.54, 1.807) is 0 Å². The van der Waals surface area contributed by atoms with Crippen LogP contribution in [0.3, 0.4) is 0 Å².